The van der Waals surface area contributed by atoms with Crippen LogP contribution in [0.25, 0.3) is 21.5 Å². The molecule has 0 saturated carbocycles. The van der Waals surface area contributed by atoms with Gasteiger partial charge in [0.2, 0.25) is 5.13 Å². The Kier molecular flexibility index (Phi) is 6.26. The predicted octanol–water partition coefficient (Wildman–Crippen LogP) is 6.81. The second-order valence-corrected chi connectivity index (χ2v) is 10.3. The van der Waals surface area contributed by atoms with E-state index in [4.69, 9.17) is 0 Å². The number of fused-ring (bicyclic) bond motifs is 1. The van der Waals surface area contributed by atoms with Gasteiger partial charge in [0, 0.05) is 16.1 Å². The summed E-state index contributed by atoms with van der Waals surface area (Å²) in [4.78, 5) is 9.35. The Morgan fingerprint density at radius 1 is 0.938 bits per heavy atom. The Morgan fingerprint density at radius 3 is 2.53 bits per heavy atom. The maximum atomic E-state index is 12.5. The Bertz CT molecular complexity index is 1340. The van der Waals surface area contributed by atoms with Gasteiger partial charge in [0.25, 0.3) is 5.76 Å². The smallest absolute Gasteiger partial charge is 0.288 e. The largest absolute Gasteiger partial charge is 0.330 e. The summed E-state index contributed by atoms with van der Waals surface area (Å²) in [5.41, 5.74) is 3.40. The summed E-state index contributed by atoms with van der Waals surface area (Å²) in [7, 11) is 0. The molecule has 12 heteroatoms. The molecule has 0 aliphatic heterocycles. The molecule has 0 aliphatic carbocycles. The lowest BCUT2D eigenvalue weighted by molar-refractivity contribution is 0.252. The second-order valence-electron chi connectivity index (χ2n) is 6.26. The van der Waals surface area contributed by atoms with E-state index in [2.05, 4.69) is 29.9 Å². The van der Waals surface area contributed by atoms with Crippen molar-refractivity contribution < 1.29 is 8.78 Å². The number of hydrogen-bond acceptors (Lipinski definition) is 10. The summed E-state index contributed by atoms with van der Waals surface area (Å²) in [6.45, 7) is 0. The summed E-state index contributed by atoms with van der Waals surface area (Å²) >= 11 is 4.65. The van der Waals surface area contributed by atoms with E-state index in [9.17, 15) is 8.78 Å². The van der Waals surface area contributed by atoms with Gasteiger partial charge in [-0.05, 0) is 47.6 Å². The van der Waals surface area contributed by atoms with E-state index in [0.29, 0.717) is 26.1 Å². The number of hydrogen-bond donors (Lipinski definition) is 1. The van der Waals surface area contributed by atoms with Crippen LogP contribution >= 0.6 is 46.4 Å². The maximum absolute atomic E-state index is 12.5. The van der Waals surface area contributed by atoms with Crippen LogP contribution in [0.15, 0.2) is 75.2 Å². The summed E-state index contributed by atoms with van der Waals surface area (Å²) in [5, 5.41) is 12.9. The minimum Gasteiger partial charge on any atom is -0.330 e. The van der Waals surface area contributed by atoms with Crippen molar-refractivity contribution in [2.24, 2.45) is 0 Å². The number of halogens is 2. The van der Waals surface area contributed by atoms with Crippen molar-refractivity contribution in [3.05, 3.63) is 60.9 Å². The first-order chi connectivity index (χ1) is 15.7. The van der Waals surface area contributed by atoms with E-state index in [1.54, 1.807) is 24.3 Å². The highest BCUT2D eigenvalue weighted by atomic mass is 32.2. The fourth-order valence-electron chi connectivity index (χ4n) is 2.83. The number of anilines is 2. The summed E-state index contributed by atoms with van der Waals surface area (Å²) in [6.07, 6.45) is 1.53. The monoisotopic (exact) mass is 502 g/mol. The highest BCUT2D eigenvalue weighted by Crippen LogP contribution is 2.39. The zero-order valence-electron chi connectivity index (χ0n) is 16.0. The molecular weight excluding hydrogens is 491 g/mol. The van der Waals surface area contributed by atoms with Crippen molar-refractivity contribution in [1.82, 2.24) is 24.5 Å². The number of thioether (sulfide) groups is 1. The number of benzene rings is 2. The molecule has 0 spiro atoms. The highest BCUT2D eigenvalue weighted by molar-refractivity contribution is 8.01. The Hall–Kier alpha value is -2.67. The first-order valence-electron chi connectivity index (χ1n) is 9.15. The third-order valence-electron chi connectivity index (χ3n) is 4.19. The molecule has 160 valence electrons. The molecule has 0 atom stereocenters. The lowest BCUT2D eigenvalue weighted by Crippen LogP contribution is -1.89. The highest BCUT2D eigenvalue weighted by Gasteiger charge is 2.16. The molecule has 32 heavy (non-hydrogen) atoms. The molecule has 5 rings (SSSR count). The molecule has 3 aromatic heterocycles. The molecular formula is C20H12F2N6S4. The Balaban J connectivity index is 1.33. The van der Waals surface area contributed by atoms with Gasteiger partial charge in [-0.25, -0.2) is 9.97 Å². The van der Waals surface area contributed by atoms with Gasteiger partial charge in [-0.1, -0.05) is 53.4 Å². The van der Waals surface area contributed by atoms with Crippen LogP contribution in [0.1, 0.15) is 0 Å². The van der Waals surface area contributed by atoms with Gasteiger partial charge in [0.05, 0.1) is 0 Å². The summed E-state index contributed by atoms with van der Waals surface area (Å²) in [6, 6.07) is 16.7. The van der Waals surface area contributed by atoms with Gasteiger partial charge >= 0.3 is 0 Å². The van der Waals surface area contributed by atoms with E-state index in [1.165, 1.54) is 41.0 Å². The minimum absolute atomic E-state index is 0.506. The average Bonchev–Trinajstić information content (AvgIpc) is 3.43. The third kappa shape index (κ3) is 4.72. The molecule has 0 fully saturated rings. The standard InChI is InChI=1S/C20H12F2N6S4/c21-18(22)29-13-8-6-12(7-9-13)25-19-26-27-20(31-19)30-17-16-15(23-10-24-17)14(28-32-16)11-4-2-1-3-5-11/h1-10,18H,(H,25,26). The van der Waals surface area contributed by atoms with Crippen molar-refractivity contribution in [2.75, 3.05) is 5.32 Å². The van der Waals surface area contributed by atoms with Crippen LogP contribution in [0.5, 0.6) is 0 Å². The number of alkyl halides is 2. The summed E-state index contributed by atoms with van der Waals surface area (Å²) in [5.74, 6) is -2.44. The van der Waals surface area contributed by atoms with Gasteiger partial charge in [-0.3, -0.25) is 0 Å². The SMILES string of the molecule is FC(F)Sc1ccc(Nc2nnc(Sc3ncnc4c(-c5ccccc5)nsc34)s2)cc1. The fraction of sp³-hybridized carbons (Fsp3) is 0.0500. The van der Waals surface area contributed by atoms with Crippen LogP contribution in [0.4, 0.5) is 19.6 Å². The van der Waals surface area contributed by atoms with Gasteiger partial charge in [0.15, 0.2) is 4.34 Å². The van der Waals surface area contributed by atoms with Gasteiger partial charge < -0.3 is 5.32 Å². The molecule has 0 amide bonds. The number of nitrogens with zero attached hydrogens (tertiary/aromatic N) is 5. The molecule has 0 aliphatic rings. The molecule has 3 heterocycles. The first-order valence-corrected chi connectivity index (χ1v) is 12.4. The first kappa shape index (κ1) is 21.2. The molecule has 5 aromatic rings. The van der Waals surface area contributed by atoms with Crippen LogP contribution in [0.2, 0.25) is 0 Å². The fourth-order valence-corrected chi connectivity index (χ4v) is 5.98. The number of nitrogens with one attached hydrogen (secondary N) is 1. The zero-order chi connectivity index (χ0) is 21.9. The van der Waals surface area contributed by atoms with E-state index in [1.807, 2.05) is 30.3 Å². The van der Waals surface area contributed by atoms with Crippen molar-refractivity contribution in [3.8, 4) is 11.3 Å². The second kappa shape index (κ2) is 9.45. The third-order valence-corrected chi connectivity index (χ3v) is 7.78. The lowest BCUT2D eigenvalue weighted by atomic mass is 10.1. The zero-order valence-corrected chi connectivity index (χ0v) is 19.2. The van der Waals surface area contributed by atoms with E-state index >= 15 is 0 Å². The molecule has 1 N–H and O–H groups in total. The number of rotatable bonds is 7. The normalized spacial score (nSPS) is 11.3. The van der Waals surface area contributed by atoms with Crippen molar-refractivity contribution in [3.63, 3.8) is 0 Å². The van der Waals surface area contributed by atoms with Gasteiger partial charge in [-0.15, -0.1) is 10.2 Å². The van der Waals surface area contributed by atoms with Crippen LogP contribution in [-0.2, 0) is 0 Å². The van der Waals surface area contributed by atoms with Crippen LogP contribution in [0.3, 0.4) is 0 Å². The van der Waals surface area contributed by atoms with Crippen molar-refractivity contribution >= 4 is 67.4 Å². The predicted molar refractivity (Wildman–Crippen MR) is 126 cm³/mol. The Labute approximate surface area is 197 Å². The molecule has 0 radical (unpaired) electrons. The molecule has 0 saturated heterocycles. The number of aromatic nitrogens is 5. The van der Waals surface area contributed by atoms with E-state index < -0.39 is 5.76 Å². The minimum atomic E-state index is -2.44. The van der Waals surface area contributed by atoms with Crippen molar-refractivity contribution in [1.29, 1.82) is 0 Å². The van der Waals surface area contributed by atoms with Crippen LogP contribution in [-0.4, -0.2) is 30.3 Å². The lowest BCUT2D eigenvalue weighted by Gasteiger charge is -2.03. The van der Waals surface area contributed by atoms with E-state index in [-0.39, 0.29) is 0 Å². The topological polar surface area (TPSA) is 76.5 Å². The van der Waals surface area contributed by atoms with Crippen LogP contribution in [0, 0.1) is 0 Å². The van der Waals surface area contributed by atoms with E-state index in [0.717, 1.165) is 32.2 Å². The molecule has 6 nitrogen and oxygen atoms in total. The van der Waals surface area contributed by atoms with Crippen molar-refractivity contribution in [2.45, 2.75) is 20.0 Å². The maximum Gasteiger partial charge on any atom is 0.288 e. The van der Waals surface area contributed by atoms with Gasteiger partial charge in [0.1, 0.15) is 27.3 Å². The Morgan fingerprint density at radius 2 is 1.75 bits per heavy atom. The molecule has 2 aromatic carbocycles. The quantitative estimate of drug-likeness (QED) is 0.192. The summed E-state index contributed by atoms with van der Waals surface area (Å²) < 4.78 is 31.1. The van der Waals surface area contributed by atoms with Gasteiger partial charge in [-0.2, -0.15) is 13.2 Å². The molecule has 0 bridgehead atoms. The average molecular weight is 503 g/mol. The van der Waals surface area contributed by atoms with Crippen LogP contribution < -0.4 is 5.32 Å². The molecule has 0 unspecified atom stereocenters.